The van der Waals surface area contributed by atoms with Crippen molar-refractivity contribution in [3.05, 3.63) is 39.9 Å². The lowest BCUT2D eigenvalue weighted by Gasteiger charge is -2.14. The molecule has 11 heteroatoms. The van der Waals surface area contributed by atoms with E-state index in [1.54, 1.807) is 6.92 Å². The van der Waals surface area contributed by atoms with E-state index in [9.17, 15) is 31.1 Å². The van der Waals surface area contributed by atoms with E-state index in [0.29, 0.717) is 22.7 Å². The molecule has 2 N–H and O–H groups in total. The molecular formula is C15H12F6N2O2S. The molecule has 0 bridgehead atoms. The largest absolute Gasteiger partial charge is 0.481 e. The van der Waals surface area contributed by atoms with Crippen molar-refractivity contribution in [2.45, 2.75) is 32.1 Å². The Kier molecular flexibility index (Phi) is 5.49. The van der Waals surface area contributed by atoms with Gasteiger partial charge in [-0.2, -0.15) is 26.3 Å². The molecule has 1 aromatic heterocycles. The molecule has 0 saturated carbocycles. The zero-order valence-electron chi connectivity index (χ0n) is 13.1. The number of aryl methyl sites for hydroxylation is 2. The molecule has 1 heterocycles. The maximum atomic E-state index is 12.9. The van der Waals surface area contributed by atoms with Crippen LogP contribution >= 0.6 is 11.3 Å². The highest BCUT2D eigenvalue weighted by Gasteiger charge is 2.37. The molecule has 0 radical (unpaired) electrons. The number of rotatable bonds is 5. The Balaban J connectivity index is 2.34. The molecule has 0 amide bonds. The molecule has 0 saturated heterocycles. The van der Waals surface area contributed by atoms with Gasteiger partial charge in [-0.25, -0.2) is 4.98 Å². The minimum atomic E-state index is -4.94. The first-order chi connectivity index (χ1) is 11.9. The van der Waals surface area contributed by atoms with Crippen molar-refractivity contribution in [3.8, 4) is 0 Å². The standard InChI is InChI=1S/C15H12F6N2O2S/c1-7-11(2-3-12(24)25)26-13(22-7)23-10-5-8(14(16,17)18)4-9(6-10)15(19,20)21/h4-6H,2-3H2,1H3,(H,22,23)(H,24,25). The topological polar surface area (TPSA) is 62.2 Å². The van der Waals surface area contributed by atoms with Crippen LogP contribution in [0, 0.1) is 6.92 Å². The number of carboxylic acids is 1. The number of thiazole rings is 1. The summed E-state index contributed by atoms with van der Waals surface area (Å²) in [5.41, 5.74) is -2.82. The molecule has 0 spiro atoms. The predicted molar refractivity (Wildman–Crippen MR) is 82.5 cm³/mol. The smallest absolute Gasteiger partial charge is 0.416 e. The van der Waals surface area contributed by atoms with Crippen LogP contribution in [-0.4, -0.2) is 16.1 Å². The van der Waals surface area contributed by atoms with Crippen LogP contribution in [0.1, 0.15) is 28.1 Å². The summed E-state index contributed by atoms with van der Waals surface area (Å²) in [7, 11) is 0. The molecule has 142 valence electrons. The summed E-state index contributed by atoms with van der Waals surface area (Å²) in [4.78, 5) is 15.2. The molecule has 0 aliphatic heterocycles. The summed E-state index contributed by atoms with van der Waals surface area (Å²) in [6.07, 6.45) is -9.88. The Hall–Kier alpha value is -2.30. The average Bonchev–Trinajstić information content (AvgIpc) is 2.82. The number of carboxylic acid groups (broad SMARTS) is 1. The molecule has 0 atom stereocenters. The van der Waals surface area contributed by atoms with Crippen LogP contribution in [-0.2, 0) is 23.6 Å². The van der Waals surface area contributed by atoms with E-state index in [1.165, 1.54) is 0 Å². The number of aromatic nitrogens is 1. The van der Waals surface area contributed by atoms with Gasteiger partial charge in [0, 0.05) is 10.6 Å². The van der Waals surface area contributed by atoms with Crippen molar-refractivity contribution in [1.82, 2.24) is 4.98 Å². The van der Waals surface area contributed by atoms with E-state index in [1.807, 2.05) is 0 Å². The normalized spacial score (nSPS) is 12.3. The summed E-state index contributed by atoms with van der Waals surface area (Å²) in [6.45, 7) is 1.58. The van der Waals surface area contributed by atoms with Crippen LogP contribution < -0.4 is 5.32 Å². The maximum Gasteiger partial charge on any atom is 0.416 e. The van der Waals surface area contributed by atoms with Gasteiger partial charge in [0.25, 0.3) is 0 Å². The van der Waals surface area contributed by atoms with Gasteiger partial charge in [0.2, 0.25) is 0 Å². The quantitative estimate of drug-likeness (QED) is 0.676. The molecule has 0 aliphatic rings. The summed E-state index contributed by atoms with van der Waals surface area (Å²) >= 11 is 0.975. The van der Waals surface area contributed by atoms with Gasteiger partial charge in [0.05, 0.1) is 23.2 Å². The van der Waals surface area contributed by atoms with E-state index in [2.05, 4.69) is 10.3 Å². The number of anilines is 2. The van der Waals surface area contributed by atoms with Gasteiger partial charge in [0.15, 0.2) is 5.13 Å². The van der Waals surface area contributed by atoms with E-state index < -0.39 is 35.1 Å². The first kappa shape index (κ1) is 20.0. The highest BCUT2D eigenvalue weighted by molar-refractivity contribution is 7.15. The van der Waals surface area contributed by atoms with E-state index in [0.717, 1.165) is 11.3 Å². The third-order valence-corrected chi connectivity index (χ3v) is 4.43. The Morgan fingerprint density at radius 3 is 2.12 bits per heavy atom. The Labute approximate surface area is 147 Å². The fourth-order valence-electron chi connectivity index (χ4n) is 2.08. The third-order valence-electron chi connectivity index (χ3n) is 3.30. The molecule has 2 aromatic rings. The van der Waals surface area contributed by atoms with Crippen LogP contribution in [0.2, 0.25) is 0 Å². The SMILES string of the molecule is Cc1nc(Nc2cc(C(F)(F)F)cc(C(F)(F)F)c2)sc1CCC(=O)O. The van der Waals surface area contributed by atoms with Crippen molar-refractivity contribution < 1.29 is 36.2 Å². The van der Waals surface area contributed by atoms with E-state index in [4.69, 9.17) is 5.11 Å². The first-order valence-corrected chi connectivity index (χ1v) is 7.92. The van der Waals surface area contributed by atoms with Gasteiger partial charge < -0.3 is 10.4 Å². The molecule has 4 nitrogen and oxygen atoms in total. The van der Waals surface area contributed by atoms with Crippen LogP contribution in [0.15, 0.2) is 18.2 Å². The van der Waals surface area contributed by atoms with Crippen molar-refractivity contribution in [2.24, 2.45) is 0 Å². The zero-order chi connectivity index (χ0) is 19.7. The number of nitrogens with zero attached hydrogens (tertiary/aromatic N) is 1. The second-order valence-corrected chi connectivity index (χ2v) is 6.42. The molecule has 2 rings (SSSR count). The summed E-state index contributed by atoms with van der Waals surface area (Å²) in [5, 5.41) is 11.2. The van der Waals surface area contributed by atoms with Crippen molar-refractivity contribution in [2.75, 3.05) is 5.32 Å². The van der Waals surface area contributed by atoms with Gasteiger partial charge in [-0.05, 0) is 31.5 Å². The fourth-order valence-corrected chi connectivity index (χ4v) is 3.07. The Morgan fingerprint density at radius 2 is 1.65 bits per heavy atom. The first-order valence-electron chi connectivity index (χ1n) is 7.11. The molecule has 1 aromatic carbocycles. The molecule has 26 heavy (non-hydrogen) atoms. The molecule has 0 unspecified atom stereocenters. The van der Waals surface area contributed by atoms with Crippen molar-refractivity contribution >= 4 is 28.1 Å². The number of carbonyl (C=O) groups is 1. The van der Waals surface area contributed by atoms with Crippen LogP contribution in [0.25, 0.3) is 0 Å². The van der Waals surface area contributed by atoms with Gasteiger partial charge in [-0.3, -0.25) is 4.79 Å². The highest BCUT2D eigenvalue weighted by atomic mass is 32.1. The predicted octanol–water partition coefficient (Wildman–Crippen LogP) is 5.25. The van der Waals surface area contributed by atoms with Crippen LogP contribution in [0.5, 0.6) is 0 Å². The molecule has 0 aliphatic carbocycles. The number of aliphatic carboxylic acids is 1. The van der Waals surface area contributed by atoms with Crippen LogP contribution in [0.4, 0.5) is 37.2 Å². The van der Waals surface area contributed by atoms with E-state index >= 15 is 0 Å². The third kappa shape index (κ3) is 5.10. The maximum absolute atomic E-state index is 12.9. The van der Waals surface area contributed by atoms with E-state index in [-0.39, 0.29) is 24.0 Å². The highest BCUT2D eigenvalue weighted by Crippen LogP contribution is 2.38. The van der Waals surface area contributed by atoms with Gasteiger partial charge in [0.1, 0.15) is 0 Å². The molecular weight excluding hydrogens is 386 g/mol. The second-order valence-electron chi connectivity index (χ2n) is 5.34. The number of halogens is 6. The molecule has 0 fully saturated rings. The summed E-state index contributed by atoms with van der Waals surface area (Å²) in [5.74, 6) is -1.03. The van der Waals surface area contributed by atoms with Crippen molar-refractivity contribution in [1.29, 1.82) is 0 Å². The minimum absolute atomic E-state index is 0.0383. The number of nitrogens with one attached hydrogen (secondary N) is 1. The van der Waals surface area contributed by atoms with Crippen molar-refractivity contribution in [3.63, 3.8) is 0 Å². The number of hydrogen-bond acceptors (Lipinski definition) is 4. The Bertz CT molecular complexity index is 781. The number of benzene rings is 1. The van der Waals surface area contributed by atoms with Crippen LogP contribution in [0.3, 0.4) is 0 Å². The van der Waals surface area contributed by atoms with Gasteiger partial charge >= 0.3 is 18.3 Å². The monoisotopic (exact) mass is 398 g/mol. The zero-order valence-corrected chi connectivity index (χ0v) is 13.9. The van der Waals surface area contributed by atoms with Gasteiger partial charge in [-0.15, -0.1) is 11.3 Å². The summed E-state index contributed by atoms with van der Waals surface area (Å²) < 4.78 is 77.1. The average molecular weight is 398 g/mol. The minimum Gasteiger partial charge on any atom is -0.481 e. The lowest BCUT2D eigenvalue weighted by molar-refractivity contribution is -0.143. The Morgan fingerprint density at radius 1 is 1.12 bits per heavy atom. The fraction of sp³-hybridized carbons (Fsp3) is 0.333. The second kappa shape index (κ2) is 7.14. The lowest BCUT2D eigenvalue weighted by atomic mass is 10.1. The number of alkyl halides is 6. The number of hydrogen-bond donors (Lipinski definition) is 2. The summed E-state index contributed by atoms with van der Waals surface area (Å²) in [6, 6.07) is 1.16. The van der Waals surface area contributed by atoms with Gasteiger partial charge in [-0.1, -0.05) is 0 Å². The lowest BCUT2D eigenvalue weighted by Crippen LogP contribution is -2.11.